The lowest BCUT2D eigenvalue weighted by atomic mass is 9.82. The third-order valence-corrected chi connectivity index (χ3v) is 5.34. The highest BCUT2D eigenvalue weighted by molar-refractivity contribution is 4.95. The molecule has 3 heteroatoms. The molecule has 3 fully saturated rings. The van der Waals surface area contributed by atoms with E-state index in [0.717, 1.165) is 32.6 Å². The predicted molar refractivity (Wildman–Crippen MR) is 87.2 cm³/mol. The summed E-state index contributed by atoms with van der Waals surface area (Å²) < 4.78 is 12.6. The van der Waals surface area contributed by atoms with Gasteiger partial charge in [-0.3, -0.25) is 4.90 Å². The molecule has 0 unspecified atom stereocenters. The monoisotopic (exact) mass is 297 g/mol. The largest absolute Gasteiger partial charge is 0.336 e. The molecule has 2 bridgehead atoms. The third kappa shape index (κ3) is 4.00. The second-order valence-electron chi connectivity index (χ2n) is 7.08. The molecule has 0 N–H and O–H groups in total. The van der Waals surface area contributed by atoms with Crippen molar-refractivity contribution in [1.29, 1.82) is 0 Å². The van der Waals surface area contributed by atoms with Gasteiger partial charge in [0.1, 0.15) is 0 Å². The van der Waals surface area contributed by atoms with Crippen LogP contribution in [0, 0.1) is 5.41 Å². The summed E-state index contributed by atoms with van der Waals surface area (Å²) in [5.74, 6) is -0.391. The van der Waals surface area contributed by atoms with Crippen molar-refractivity contribution >= 4 is 0 Å². The molecule has 0 aromatic rings. The maximum atomic E-state index is 6.28. The van der Waals surface area contributed by atoms with Crippen LogP contribution in [0.25, 0.3) is 0 Å². The van der Waals surface area contributed by atoms with Gasteiger partial charge < -0.3 is 9.47 Å². The fraction of sp³-hybridized carbons (Fsp3) is 1.00. The lowest BCUT2D eigenvalue weighted by Gasteiger charge is -2.58. The van der Waals surface area contributed by atoms with Crippen LogP contribution in [0.1, 0.15) is 78.6 Å². The predicted octanol–water partition coefficient (Wildman–Crippen LogP) is 4.56. The van der Waals surface area contributed by atoms with Gasteiger partial charge in [-0.15, -0.1) is 0 Å². The second-order valence-corrected chi connectivity index (χ2v) is 7.08. The van der Waals surface area contributed by atoms with Crippen molar-refractivity contribution in [2.45, 2.75) is 84.5 Å². The van der Waals surface area contributed by atoms with Crippen molar-refractivity contribution in [3.63, 3.8) is 0 Å². The highest BCUT2D eigenvalue weighted by Gasteiger charge is 2.54. The Morgan fingerprint density at radius 1 is 0.857 bits per heavy atom. The molecule has 0 saturated carbocycles. The molecular formula is C18H35NO2. The summed E-state index contributed by atoms with van der Waals surface area (Å²) in [6.07, 6.45) is 11.2. The Morgan fingerprint density at radius 3 is 2.14 bits per heavy atom. The Balaban J connectivity index is 1.91. The van der Waals surface area contributed by atoms with Crippen LogP contribution in [-0.2, 0) is 9.47 Å². The Labute approximate surface area is 131 Å². The molecular weight excluding hydrogens is 262 g/mol. The minimum Gasteiger partial charge on any atom is -0.336 e. The summed E-state index contributed by atoms with van der Waals surface area (Å²) >= 11 is 0. The van der Waals surface area contributed by atoms with E-state index in [4.69, 9.17) is 9.47 Å². The molecule has 0 aromatic heterocycles. The first-order valence-corrected chi connectivity index (χ1v) is 9.23. The van der Waals surface area contributed by atoms with Gasteiger partial charge in [0.05, 0.1) is 13.2 Å². The number of ether oxygens (including phenoxy) is 2. The Kier molecular flexibility index (Phi) is 6.51. The zero-order chi connectivity index (χ0) is 15.2. The normalized spacial score (nSPS) is 32.7. The van der Waals surface area contributed by atoms with Crippen molar-refractivity contribution in [2.24, 2.45) is 5.41 Å². The van der Waals surface area contributed by atoms with Crippen LogP contribution in [0.3, 0.4) is 0 Å². The zero-order valence-electron chi connectivity index (χ0n) is 14.5. The molecule has 0 radical (unpaired) electrons. The van der Waals surface area contributed by atoms with Crippen LogP contribution in [0.5, 0.6) is 0 Å². The van der Waals surface area contributed by atoms with Crippen molar-refractivity contribution in [3.05, 3.63) is 0 Å². The van der Waals surface area contributed by atoms with Crippen LogP contribution >= 0.6 is 0 Å². The standard InChI is InChI=1S/C18H35NO2/c1-4-7-9-10-11-12-18-19(13-8-5-2)14-17(6-3,15-20-18)16-21-18/h4-16H2,1-3H3. The first-order valence-electron chi connectivity index (χ1n) is 9.23. The highest BCUT2D eigenvalue weighted by atomic mass is 16.7. The molecule has 3 saturated heterocycles. The number of hydrogen-bond acceptors (Lipinski definition) is 3. The lowest BCUT2D eigenvalue weighted by Crippen LogP contribution is -2.69. The first kappa shape index (κ1) is 17.2. The van der Waals surface area contributed by atoms with Gasteiger partial charge in [0.2, 0.25) is 5.91 Å². The average molecular weight is 297 g/mol. The van der Waals surface area contributed by atoms with Gasteiger partial charge in [0.25, 0.3) is 0 Å². The molecule has 0 aliphatic carbocycles. The van der Waals surface area contributed by atoms with E-state index in [2.05, 4.69) is 25.7 Å². The molecule has 0 atom stereocenters. The highest BCUT2D eigenvalue weighted by Crippen LogP contribution is 2.44. The quantitative estimate of drug-likeness (QED) is 0.552. The second kappa shape index (κ2) is 7.94. The maximum Gasteiger partial charge on any atom is 0.230 e. The topological polar surface area (TPSA) is 21.7 Å². The number of hydrogen-bond donors (Lipinski definition) is 0. The Bertz CT molecular complexity index is 298. The van der Waals surface area contributed by atoms with Crippen molar-refractivity contribution in [1.82, 2.24) is 4.90 Å². The molecule has 3 nitrogen and oxygen atoms in total. The Morgan fingerprint density at radius 2 is 1.52 bits per heavy atom. The van der Waals surface area contributed by atoms with Crippen LogP contribution in [-0.4, -0.2) is 37.1 Å². The number of unbranched alkanes of at least 4 members (excludes halogenated alkanes) is 5. The molecule has 21 heavy (non-hydrogen) atoms. The van der Waals surface area contributed by atoms with Crippen molar-refractivity contribution in [2.75, 3.05) is 26.3 Å². The molecule has 0 amide bonds. The van der Waals surface area contributed by atoms with Gasteiger partial charge in [0.15, 0.2) is 0 Å². The summed E-state index contributed by atoms with van der Waals surface area (Å²) in [5.41, 5.74) is 0.248. The Hall–Kier alpha value is -0.120. The molecule has 0 aromatic carbocycles. The summed E-state index contributed by atoms with van der Waals surface area (Å²) in [7, 11) is 0. The summed E-state index contributed by atoms with van der Waals surface area (Å²) in [4.78, 5) is 2.51. The molecule has 3 rings (SSSR count). The third-order valence-electron chi connectivity index (χ3n) is 5.34. The molecule has 3 aliphatic rings. The van der Waals surface area contributed by atoms with Crippen molar-refractivity contribution < 1.29 is 9.47 Å². The SMILES string of the molecule is CCCCCCCC12OCC(CC)(CO1)CN2CCCC. The van der Waals surface area contributed by atoms with E-state index in [-0.39, 0.29) is 5.41 Å². The van der Waals surface area contributed by atoms with Gasteiger partial charge >= 0.3 is 0 Å². The van der Waals surface area contributed by atoms with E-state index in [0.29, 0.717) is 0 Å². The summed E-state index contributed by atoms with van der Waals surface area (Å²) in [6.45, 7) is 10.9. The fourth-order valence-corrected chi connectivity index (χ4v) is 3.58. The van der Waals surface area contributed by atoms with E-state index in [1.807, 2.05) is 0 Å². The van der Waals surface area contributed by atoms with Gasteiger partial charge in [-0.05, 0) is 19.3 Å². The van der Waals surface area contributed by atoms with E-state index >= 15 is 0 Å². The number of nitrogens with zero attached hydrogens (tertiary/aromatic N) is 1. The fourth-order valence-electron chi connectivity index (χ4n) is 3.58. The molecule has 3 aliphatic heterocycles. The van der Waals surface area contributed by atoms with Crippen LogP contribution in [0.15, 0.2) is 0 Å². The number of rotatable bonds is 10. The van der Waals surface area contributed by atoms with Gasteiger partial charge in [-0.25, -0.2) is 0 Å². The van der Waals surface area contributed by atoms with Gasteiger partial charge in [-0.1, -0.05) is 52.9 Å². The number of fused-ring (bicyclic) bond motifs is 3. The average Bonchev–Trinajstić information content (AvgIpc) is 2.54. The molecule has 124 valence electrons. The van der Waals surface area contributed by atoms with E-state index in [1.54, 1.807) is 0 Å². The van der Waals surface area contributed by atoms with E-state index in [9.17, 15) is 0 Å². The first-order chi connectivity index (χ1) is 10.2. The zero-order valence-corrected chi connectivity index (χ0v) is 14.5. The van der Waals surface area contributed by atoms with E-state index < -0.39 is 5.91 Å². The molecule has 3 heterocycles. The summed E-state index contributed by atoms with van der Waals surface area (Å²) in [6, 6.07) is 0. The molecule has 0 spiro atoms. The minimum atomic E-state index is -0.391. The van der Waals surface area contributed by atoms with Gasteiger partial charge in [-0.2, -0.15) is 0 Å². The summed E-state index contributed by atoms with van der Waals surface area (Å²) in [5, 5.41) is 0. The van der Waals surface area contributed by atoms with Gasteiger partial charge in [0, 0.05) is 24.9 Å². The van der Waals surface area contributed by atoms with Crippen LogP contribution in [0.4, 0.5) is 0 Å². The van der Waals surface area contributed by atoms with Crippen molar-refractivity contribution in [3.8, 4) is 0 Å². The lowest BCUT2D eigenvalue weighted by molar-refractivity contribution is -0.412. The maximum absolute atomic E-state index is 6.28. The van der Waals surface area contributed by atoms with E-state index in [1.165, 1.54) is 51.5 Å². The van der Waals surface area contributed by atoms with Crippen LogP contribution in [0.2, 0.25) is 0 Å². The smallest absolute Gasteiger partial charge is 0.230 e. The van der Waals surface area contributed by atoms with Crippen LogP contribution < -0.4 is 0 Å². The minimum absolute atomic E-state index is 0.248.